The Morgan fingerprint density at radius 1 is 1.06 bits per heavy atom. The molecular formula is C15H17NO2. The van der Waals surface area contributed by atoms with Crippen LogP contribution in [0.4, 0.5) is 0 Å². The average molecular weight is 243 g/mol. The first-order valence-electron chi connectivity index (χ1n) is 5.91. The van der Waals surface area contributed by atoms with E-state index in [0.29, 0.717) is 11.3 Å². The smallest absolute Gasteiger partial charge is 0.136 e. The molecule has 0 atom stereocenters. The number of aliphatic hydroxyl groups is 1. The van der Waals surface area contributed by atoms with Crippen LogP contribution in [0.15, 0.2) is 30.5 Å². The van der Waals surface area contributed by atoms with Crippen molar-refractivity contribution in [2.24, 2.45) is 0 Å². The van der Waals surface area contributed by atoms with E-state index in [9.17, 15) is 5.11 Å². The third-order valence-corrected chi connectivity index (χ3v) is 2.67. The van der Waals surface area contributed by atoms with Crippen molar-refractivity contribution < 1.29 is 9.84 Å². The quantitative estimate of drug-likeness (QED) is 0.899. The van der Waals surface area contributed by atoms with E-state index in [2.05, 4.69) is 11.1 Å². The second-order valence-electron chi connectivity index (χ2n) is 4.52. The second-order valence-corrected chi connectivity index (χ2v) is 4.52. The molecule has 2 rings (SSSR count). The lowest BCUT2D eigenvalue weighted by Crippen LogP contribution is -1.95. The molecule has 2 aromatic rings. The van der Waals surface area contributed by atoms with Gasteiger partial charge in [-0.05, 0) is 44.0 Å². The molecule has 3 heteroatoms. The fourth-order valence-electron chi connectivity index (χ4n) is 1.90. The van der Waals surface area contributed by atoms with Crippen molar-refractivity contribution in [2.75, 3.05) is 0 Å². The Labute approximate surface area is 107 Å². The number of hydrogen-bond acceptors (Lipinski definition) is 3. The summed E-state index contributed by atoms with van der Waals surface area (Å²) in [5.41, 5.74) is 3.87. The van der Waals surface area contributed by atoms with Gasteiger partial charge in [-0.1, -0.05) is 6.07 Å². The Kier molecular flexibility index (Phi) is 3.63. The predicted octanol–water partition coefficient (Wildman–Crippen LogP) is 3.29. The molecule has 0 fully saturated rings. The molecule has 1 aromatic heterocycles. The van der Waals surface area contributed by atoms with Gasteiger partial charge in [-0.2, -0.15) is 0 Å². The highest BCUT2D eigenvalue weighted by Crippen LogP contribution is 2.27. The average Bonchev–Trinajstić information content (AvgIpc) is 2.27. The Balaban J connectivity index is 2.35. The molecule has 0 bridgehead atoms. The first kappa shape index (κ1) is 12.6. The molecule has 3 nitrogen and oxygen atoms in total. The van der Waals surface area contributed by atoms with E-state index in [0.717, 1.165) is 22.6 Å². The number of aryl methyl sites for hydroxylation is 3. The highest BCUT2D eigenvalue weighted by atomic mass is 16.5. The number of rotatable bonds is 3. The zero-order valence-corrected chi connectivity index (χ0v) is 10.9. The Hall–Kier alpha value is -1.87. The van der Waals surface area contributed by atoms with Gasteiger partial charge in [0.05, 0.1) is 6.61 Å². The fourth-order valence-corrected chi connectivity index (χ4v) is 1.90. The van der Waals surface area contributed by atoms with Crippen LogP contribution in [-0.4, -0.2) is 10.1 Å². The summed E-state index contributed by atoms with van der Waals surface area (Å²) >= 11 is 0. The molecule has 0 unspecified atom stereocenters. The van der Waals surface area contributed by atoms with Crippen LogP contribution >= 0.6 is 0 Å². The lowest BCUT2D eigenvalue weighted by atomic mass is 10.1. The summed E-state index contributed by atoms with van der Waals surface area (Å²) in [7, 11) is 0. The zero-order chi connectivity index (χ0) is 13.1. The molecule has 0 radical (unpaired) electrons. The van der Waals surface area contributed by atoms with E-state index in [1.165, 1.54) is 0 Å². The van der Waals surface area contributed by atoms with Gasteiger partial charge < -0.3 is 9.84 Å². The first-order valence-corrected chi connectivity index (χ1v) is 5.91. The highest BCUT2D eigenvalue weighted by Gasteiger charge is 2.06. The van der Waals surface area contributed by atoms with Crippen molar-refractivity contribution in [3.8, 4) is 11.5 Å². The van der Waals surface area contributed by atoms with Crippen LogP contribution < -0.4 is 4.74 Å². The van der Waals surface area contributed by atoms with Crippen LogP contribution in [0, 0.1) is 20.8 Å². The third-order valence-electron chi connectivity index (χ3n) is 2.67. The molecular weight excluding hydrogens is 226 g/mol. The number of aliphatic hydroxyl groups excluding tert-OH is 1. The van der Waals surface area contributed by atoms with Gasteiger partial charge >= 0.3 is 0 Å². The zero-order valence-electron chi connectivity index (χ0n) is 10.9. The lowest BCUT2D eigenvalue weighted by molar-refractivity contribution is 0.276. The molecule has 0 aliphatic carbocycles. The summed E-state index contributed by atoms with van der Waals surface area (Å²) in [6.07, 6.45) is 1.65. The third kappa shape index (κ3) is 2.87. The van der Waals surface area contributed by atoms with Gasteiger partial charge in [-0.15, -0.1) is 0 Å². The molecule has 1 heterocycles. The normalized spacial score (nSPS) is 10.4. The van der Waals surface area contributed by atoms with Crippen molar-refractivity contribution >= 4 is 0 Å². The molecule has 1 aromatic carbocycles. The summed E-state index contributed by atoms with van der Waals surface area (Å²) in [4.78, 5) is 4.15. The molecule has 0 aliphatic heterocycles. The van der Waals surface area contributed by atoms with E-state index < -0.39 is 0 Å². The molecule has 18 heavy (non-hydrogen) atoms. The molecule has 94 valence electrons. The topological polar surface area (TPSA) is 42.4 Å². The fraction of sp³-hybridized carbons (Fsp3) is 0.267. The molecule has 0 aliphatic rings. The minimum absolute atomic E-state index is 0.0760. The summed E-state index contributed by atoms with van der Waals surface area (Å²) in [5, 5.41) is 9.28. The van der Waals surface area contributed by atoms with Crippen molar-refractivity contribution in [2.45, 2.75) is 27.4 Å². The van der Waals surface area contributed by atoms with Gasteiger partial charge in [-0.25, -0.2) is 0 Å². The van der Waals surface area contributed by atoms with Gasteiger partial charge in [0.15, 0.2) is 0 Å². The van der Waals surface area contributed by atoms with Crippen LogP contribution in [0.2, 0.25) is 0 Å². The van der Waals surface area contributed by atoms with E-state index in [-0.39, 0.29) is 6.61 Å². The van der Waals surface area contributed by atoms with Crippen molar-refractivity contribution in [3.05, 3.63) is 52.8 Å². The largest absolute Gasteiger partial charge is 0.457 e. The van der Waals surface area contributed by atoms with Gasteiger partial charge in [-0.3, -0.25) is 4.98 Å². The molecule has 0 saturated heterocycles. The maximum Gasteiger partial charge on any atom is 0.136 e. The van der Waals surface area contributed by atoms with Gasteiger partial charge in [0.25, 0.3) is 0 Å². The minimum Gasteiger partial charge on any atom is -0.457 e. The van der Waals surface area contributed by atoms with Gasteiger partial charge in [0.1, 0.15) is 11.5 Å². The second kappa shape index (κ2) is 5.19. The molecule has 1 N–H and O–H groups in total. The van der Waals surface area contributed by atoms with Crippen LogP contribution in [-0.2, 0) is 6.61 Å². The highest BCUT2D eigenvalue weighted by molar-refractivity contribution is 5.40. The first-order chi connectivity index (χ1) is 8.58. The lowest BCUT2D eigenvalue weighted by Gasteiger charge is -2.11. The number of benzene rings is 1. The molecule has 0 spiro atoms. The number of aromatic nitrogens is 1. The minimum atomic E-state index is -0.0760. The maximum atomic E-state index is 9.28. The van der Waals surface area contributed by atoms with E-state index in [1.807, 2.05) is 39.0 Å². The summed E-state index contributed by atoms with van der Waals surface area (Å²) < 4.78 is 5.84. The number of pyridine rings is 1. The SMILES string of the molecule is Cc1cc(C)cc(Oc2cc(C)ncc2CO)c1. The van der Waals surface area contributed by atoms with Crippen LogP contribution in [0.1, 0.15) is 22.4 Å². The van der Waals surface area contributed by atoms with Crippen LogP contribution in [0.5, 0.6) is 11.5 Å². The summed E-state index contributed by atoms with van der Waals surface area (Å²) in [6.45, 7) is 5.89. The molecule has 0 saturated carbocycles. The van der Waals surface area contributed by atoms with E-state index in [4.69, 9.17) is 4.74 Å². The Morgan fingerprint density at radius 3 is 2.33 bits per heavy atom. The monoisotopic (exact) mass is 243 g/mol. The van der Waals surface area contributed by atoms with E-state index >= 15 is 0 Å². The number of ether oxygens (including phenoxy) is 1. The van der Waals surface area contributed by atoms with E-state index in [1.54, 1.807) is 6.20 Å². The molecule has 0 amide bonds. The van der Waals surface area contributed by atoms with Crippen LogP contribution in [0.25, 0.3) is 0 Å². The number of nitrogens with zero attached hydrogens (tertiary/aromatic N) is 1. The Morgan fingerprint density at radius 2 is 1.72 bits per heavy atom. The van der Waals surface area contributed by atoms with Gasteiger partial charge in [0.2, 0.25) is 0 Å². The van der Waals surface area contributed by atoms with Crippen LogP contribution in [0.3, 0.4) is 0 Å². The maximum absolute atomic E-state index is 9.28. The standard InChI is InChI=1S/C15H17NO2/c1-10-4-11(2)6-14(5-10)18-15-7-12(3)16-8-13(15)9-17/h4-8,17H,9H2,1-3H3. The predicted molar refractivity (Wildman–Crippen MR) is 70.9 cm³/mol. The number of hydrogen-bond donors (Lipinski definition) is 1. The Bertz CT molecular complexity index is 544. The van der Waals surface area contributed by atoms with Crippen molar-refractivity contribution in [1.29, 1.82) is 0 Å². The summed E-state index contributed by atoms with van der Waals surface area (Å²) in [6, 6.07) is 7.88. The summed E-state index contributed by atoms with van der Waals surface area (Å²) in [5.74, 6) is 1.45. The van der Waals surface area contributed by atoms with Gasteiger partial charge in [0, 0.05) is 23.5 Å². The van der Waals surface area contributed by atoms with Crippen molar-refractivity contribution in [1.82, 2.24) is 4.98 Å². The van der Waals surface area contributed by atoms with Crippen molar-refractivity contribution in [3.63, 3.8) is 0 Å².